The van der Waals surface area contributed by atoms with E-state index in [1.54, 1.807) is 12.1 Å². The molecule has 2 aromatic rings. The molecule has 0 aliphatic heterocycles. The predicted octanol–water partition coefficient (Wildman–Crippen LogP) is 3.32. The second-order valence-electron chi connectivity index (χ2n) is 4.96. The van der Waals surface area contributed by atoms with E-state index in [0.717, 1.165) is 25.4 Å². The fourth-order valence-electron chi connectivity index (χ4n) is 1.93. The number of aromatic nitrogens is 2. The number of hydrogen-bond acceptors (Lipinski definition) is 4. The average Bonchev–Trinajstić information content (AvgIpc) is 3.15. The van der Waals surface area contributed by atoms with Crippen LogP contribution in [0.2, 0.25) is 0 Å². The van der Waals surface area contributed by atoms with Crippen molar-refractivity contribution in [3.63, 3.8) is 0 Å². The largest absolute Gasteiger partial charge is 0.421 e. The van der Waals surface area contributed by atoms with Crippen LogP contribution in [-0.4, -0.2) is 22.8 Å². The van der Waals surface area contributed by atoms with Gasteiger partial charge in [-0.25, -0.2) is 4.39 Å². The first-order chi connectivity index (χ1) is 9.72. The maximum absolute atomic E-state index is 13.2. The van der Waals surface area contributed by atoms with Gasteiger partial charge in [-0.05, 0) is 59.9 Å². The summed E-state index contributed by atoms with van der Waals surface area (Å²) in [5.74, 6) is 0.744. The summed E-state index contributed by atoms with van der Waals surface area (Å²) in [6.45, 7) is 0.977. The second-order valence-corrected chi connectivity index (χ2v) is 5.82. The molecule has 3 rings (SSSR count). The maximum Gasteiger partial charge on any atom is 0.247 e. The van der Waals surface area contributed by atoms with Crippen molar-refractivity contribution in [1.82, 2.24) is 15.5 Å². The number of rotatable bonds is 6. The summed E-state index contributed by atoms with van der Waals surface area (Å²) in [5.41, 5.74) is 0.716. The normalized spacial score (nSPS) is 14.7. The van der Waals surface area contributed by atoms with Gasteiger partial charge in [0.15, 0.2) is 0 Å². The third kappa shape index (κ3) is 3.43. The van der Waals surface area contributed by atoms with Crippen LogP contribution >= 0.6 is 15.9 Å². The smallest absolute Gasteiger partial charge is 0.247 e. The highest BCUT2D eigenvalue weighted by Gasteiger charge is 2.19. The van der Waals surface area contributed by atoms with E-state index in [9.17, 15) is 4.39 Å². The monoisotopic (exact) mass is 339 g/mol. The van der Waals surface area contributed by atoms with Crippen LogP contribution in [0.25, 0.3) is 11.5 Å². The molecule has 1 saturated carbocycles. The highest BCUT2D eigenvalue weighted by atomic mass is 79.9. The van der Waals surface area contributed by atoms with Crippen LogP contribution in [0.15, 0.2) is 27.1 Å². The summed E-state index contributed by atoms with van der Waals surface area (Å²) in [6, 6.07) is 5.38. The number of hydrogen-bond donors (Lipinski definition) is 1. The Morgan fingerprint density at radius 2 is 2.20 bits per heavy atom. The zero-order valence-electron chi connectivity index (χ0n) is 10.9. The Morgan fingerprint density at radius 3 is 2.95 bits per heavy atom. The molecule has 1 fully saturated rings. The van der Waals surface area contributed by atoms with Gasteiger partial charge in [0, 0.05) is 18.0 Å². The topological polar surface area (TPSA) is 51.0 Å². The summed E-state index contributed by atoms with van der Waals surface area (Å²) in [5, 5.41) is 11.5. The van der Waals surface area contributed by atoms with E-state index in [4.69, 9.17) is 4.42 Å². The van der Waals surface area contributed by atoms with Gasteiger partial charge in [-0.2, -0.15) is 0 Å². The highest BCUT2D eigenvalue weighted by Crippen LogP contribution is 2.24. The number of halogens is 2. The van der Waals surface area contributed by atoms with E-state index in [-0.39, 0.29) is 5.82 Å². The van der Waals surface area contributed by atoms with Gasteiger partial charge in [0.05, 0.1) is 4.47 Å². The highest BCUT2D eigenvalue weighted by molar-refractivity contribution is 9.10. The lowest BCUT2D eigenvalue weighted by Crippen LogP contribution is -2.17. The average molecular weight is 340 g/mol. The minimum atomic E-state index is -0.306. The van der Waals surface area contributed by atoms with Crippen LogP contribution in [0.5, 0.6) is 0 Å². The fraction of sp³-hybridized carbons (Fsp3) is 0.429. The third-order valence-electron chi connectivity index (χ3n) is 3.21. The number of nitrogens with zero attached hydrogens (tertiary/aromatic N) is 2. The van der Waals surface area contributed by atoms with Crippen LogP contribution in [0.4, 0.5) is 4.39 Å². The standard InChI is InChI=1S/C14H15BrFN3O/c15-11-8-9(3-6-12(11)16)14-19-18-13(20-14)2-1-7-17-10-4-5-10/h3,6,8,10,17H,1-2,4-5,7H2. The molecule has 1 aliphatic rings. The van der Waals surface area contributed by atoms with E-state index >= 15 is 0 Å². The lowest BCUT2D eigenvalue weighted by molar-refractivity contribution is 0.490. The summed E-state index contributed by atoms with van der Waals surface area (Å²) in [7, 11) is 0. The molecule has 6 heteroatoms. The van der Waals surface area contributed by atoms with Gasteiger partial charge in [-0.1, -0.05) is 0 Å². The molecule has 1 N–H and O–H groups in total. The quantitative estimate of drug-likeness (QED) is 0.820. The van der Waals surface area contributed by atoms with Gasteiger partial charge in [0.25, 0.3) is 0 Å². The van der Waals surface area contributed by atoms with Gasteiger partial charge >= 0.3 is 0 Å². The van der Waals surface area contributed by atoms with Crippen molar-refractivity contribution in [1.29, 1.82) is 0 Å². The SMILES string of the molecule is Fc1ccc(-c2nnc(CCCNC3CC3)o2)cc1Br. The molecule has 0 saturated heterocycles. The van der Waals surface area contributed by atoms with E-state index in [1.807, 2.05) is 0 Å². The van der Waals surface area contributed by atoms with Crippen LogP contribution in [0.3, 0.4) is 0 Å². The zero-order chi connectivity index (χ0) is 13.9. The number of aryl methyl sites for hydroxylation is 1. The van der Waals surface area contributed by atoms with Gasteiger partial charge in [-0.15, -0.1) is 10.2 Å². The number of nitrogens with one attached hydrogen (secondary N) is 1. The molecule has 20 heavy (non-hydrogen) atoms. The van der Waals surface area contributed by atoms with Crippen molar-refractivity contribution >= 4 is 15.9 Å². The fourth-order valence-corrected chi connectivity index (χ4v) is 2.31. The summed E-state index contributed by atoms with van der Waals surface area (Å²) in [4.78, 5) is 0. The van der Waals surface area contributed by atoms with E-state index in [0.29, 0.717) is 21.8 Å². The van der Waals surface area contributed by atoms with Gasteiger partial charge in [-0.3, -0.25) is 0 Å². The molecule has 0 amide bonds. The second kappa shape index (κ2) is 6.01. The Hall–Kier alpha value is -1.27. The van der Waals surface area contributed by atoms with Crippen LogP contribution in [-0.2, 0) is 6.42 Å². The Balaban J connectivity index is 1.58. The van der Waals surface area contributed by atoms with E-state index in [1.165, 1.54) is 18.9 Å². The molecular weight excluding hydrogens is 325 g/mol. The van der Waals surface area contributed by atoms with Crippen LogP contribution in [0, 0.1) is 5.82 Å². The molecule has 4 nitrogen and oxygen atoms in total. The molecule has 0 atom stereocenters. The molecule has 1 aromatic heterocycles. The Morgan fingerprint density at radius 1 is 1.35 bits per heavy atom. The Labute approximate surface area is 124 Å². The molecule has 1 aromatic carbocycles. The minimum absolute atomic E-state index is 0.306. The lowest BCUT2D eigenvalue weighted by Gasteiger charge is -1.99. The summed E-state index contributed by atoms with van der Waals surface area (Å²) >= 11 is 3.15. The Kier molecular flexibility index (Phi) is 4.12. The minimum Gasteiger partial charge on any atom is -0.421 e. The zero-order valence-corrected chi connectivity index (χ0v) is 12.5. The molecule has 0 radical (unpaired) electrons. The Bertz CT molecular complexity index is 598. The molecule has 1 heterocycles. The lowest BCUT2D eigenvalue weighted by atomic mass is 10.2. The van der Waals surface area contributed by atoms with Crippen molar-refractivity contribution in [2.75, 3.05) is 6.54 Å². The van der Waals surface area contributed by atoms with E-state index < -0.39 is 0 Å². The molecule has 106 valence electrons. The van der Waals surface area contributed by atoms with Crippen LogP contribution < -0.4 is 5.32 Å². The molecule has 0 unspecified atom stereocenters. The van der Waals surface area contributed by atoms with Crippen molar-refractivity contribution in [3.05, 3.63) is 34.4 Å². The molecule has 1 aliphatic carbocycles. The molecular formula is C14H15BrFN3O. The summed E-state index contributed by atoms with van der Waals surface area (Å²) < 4.78 is 19.2. The molecule has 0 bridgehead atoms. The first-order valence-corrected chi connectivity index (χ1v) is 7.53. The summed E-state index contributed by atoms with van der Waals surface area (Å²) in [6.07, 6.45) is 4.33. The van der Waals surface area contributed by atoms with Gasteiger partial charge in [0.1, 0.15) is 5.82 Å². The van der Waals surface area contributed by atoms with Gasteiger partial charge < -0.3 is 9.73 Å². The predicted molar refractivity (Wildman–Crippen MR) is 76.7 cm³/mol. The number of benzene rings is 1. The van der Waals surface area contributed by atoms with E-state index in [2.05, 4.69) is 31.4 Å². The third-order valence-corrected chi connectivity index (χ3v) is 3.82. The molecule has 0 spiro atoms. The first kappa shape index (κ1) is 13.7. The van der Waals surface area contributed by atoms with Crippen molar-refractivity contribution < 1.29 is 8.81 Å². The van der Waals surface area contributed by atoms with Crippen molar-refractivity contribution in [2.24, 2.45) is 0 Å². The van der Waals surface area contributed by atoms with Crippen LogP contribution in [0.1, 0.15) is 25.2 Å². The van der Waals surface area contributed by atoms with Crippen molar-refractivity contribution in [2.45, 2.75) is 31.7 Å². The van der Waals surface area contributed by atoms with Crippen molar-refractivity contribution in [3.8, 4) is 11.5 Å². The van der Waals surface area contributed by atoms with Gasteiger partial charge in [0.2, 0.25) is 11.8 Å². The maximum atomic E-state index is 13.2. The first-order valence-electron chi connectivity index (χ1n) is 6.73.